The fourth-order valence-corrected chi connectivity index (χ4v) is 0.895. The van der Waals surface area contributed by atoms with E-state index in [2.05, 4.69) is 4.98 Å². The first-order chi connectivity index (χ1) is 5.90. The molecule has 0 unspecified atom stereocenters. The Morgan fingerprint density at radius 3 is 2.62 bits per heavy atom. The van der Waals surface area contributed by atoms with Gasteiger partial charge in [-0.15, -0.1) is 0 Å². The minimum atomic E-state index is -4.47. The van der Waals surface area contributed by atoms with Crippen molar-refractivity contribution in [3.8, 4) is 0 Å². The molecule has 1 heterocycles. The molecule has 0 amide bonds. The third-order valence-electron chi connectivity index (χ3n) is 1.43. The maximum atomic E-state index is 11.8. The van der Waals surface area contributed by atoms with Gasteiger partial charge in [0.15, 0.2) is 5.82 Å². The van der Waals surface area contributed by atoms with Crippen molar-refractivity contribution in [1.82, 2.24) is 9.55 Å². The maximum Gasteiger partial charge on any atom is 0.396 e. The fourth-order valence-electron chi connectivity index (χ4n) is 0.895. The van der Waals surface area contributed by atoms with Crippen LogP contribution < -0.4 is 0 Å². The van der Waals surface area contributed by atoms with Crippen LogP contribution in [0.2, 0.25) is 0 Å². The van der Waals surface area contributed by atoms with E-state index in [1.54, 1.807) is 0 Å². The number of Topliss-reactive ketones (excluding diaryl/α,β-unsaturated/α-hetero) is 1. The van der Waals surface area contributed by atoms with E-state index >= 15 is 0 Å². The Kier molecular flexibility index (Phi) is 2.40. The molecule has 0 aliphatic carbocycles. The van der Waals surface area contributed by atoms with Gasteiger partial charge in [-0.05, 0) is 0 Å². The highest BCUT2D eigenvalue weighted by Crippen LogP contribution is 2.21. The quantitative estimate of drug-likeness (QED) is 0.666. The molecule has 0 radical (unpaired) electrons. The lowest BCUT2D eigenvalue weighted by molar-refractivity contribution is -0.125. The van der Waals surface area contributed by atoms with Crippen molar-refractivity contribution in [1.29, 1.82) is 0 Å². The van der Waals surface area contributed by atoms with E-state index in [4.69, 9.17) is 0 Å². The van der Waals surface area contributed by atoms with Gasteiger partial charge in [0.1, 0.15) is 6.42 Å². The molecule has 3 nitrogen and oxygen atoms in total. The van der Waals surface area contributed by atoms with Gasteiger partial charge < -0.3 is 4.57 Å². The topological polar surface area (TPSA) is 34.9 Å². The number of alkyl halides is 3. The van der Waals surface area contributed by atoms with Gasteiger partial charge in [-0.25, -0.2) is 4.98 Å². The van der Waals surface area contributed by atoms with Crippen LogP contribution in [0.15, 0.2) is 12.4 Å². The Bertz CT molecular complexity index is 316. The lowest BCUT2D eigenvalue weighted by Gasteiger charge is -2.04. The molecule has 0 spiro atoms. The average Bonchev–Trinajstić information content (AvgIpc) is 2.30. The Balaban J connectivity index is 2.76. The molecule has 0 fully saturated rings. The number of hydrogen-bond donors (Lipinski definition) is 0. The summed E-state index contributed by atoms with van der Waals surface area (Å²) < 4.78 is 36.6. The van der Waals surface area contributed by atoms with Gasteiger partial charge >= 0.3 is 6.18 Å². The summed E-state index contributed by atoms with van der Waals surface area (Å²) in [5.74, 6) is -1.18. The smallest absolute Gasteiger partial charge is 0.332 e. The lowest BCUT2D eigenvalue weighted by Crippen LogP contribution is -2.17. The van der Waals surface area contributed by atoms with Crippen molar-refractivity contribution in [2.75, 3.05) is 0 Å². The summed E-state index contributed by atoms with van der Waals surface area (Å²) in [5.41, 5.74) is 0. The number of halogens is 3. The second-order valence-electron chi connectivity index (χ2n) is 2.58. The predicted octanol–water partition coefficient (Wildman–Crippen LogP) is 1.56. The van der Waals surface area contributed by atoms with Crippen LogP contribution in [0.25, 0.3) is 0 Å². The monoisotopic (exact) mass is 192 g/mol. The maximum absolute atomic E-state index is 11.8. The van der Waals surface area contributed by atoms with Gasteiger partial charge in [-0.2, -0.15) is 13.2 Å². The van der Waals surface area contributed by atoms with Gasteiger partial charge in [0.2, 0.25) is 5.78 Å². The molecule has 0 N–H and O–H groups in total. The number of rotatable bonds is 2. The minimum absolute atomic E-state index is 0.169. The minimum Gasteiger partial charge on any atom is -0.332 e. The van der Waals surface area contributed by atoms with E-state index in [0.717, 1.165) is 0 Å². The summed E-state index contributed by atoms with van der Waals surface area (Å²) in [6, 6.07) is 0. The van der Waals surface area contributed by atoms with Gasteiger partial charge in [-0.3, -0.25) is 4.79 Å². The molecule has 0 aromatic carbocycles. The van der Waals surface area contributed by atoms with E-state index in [1.165, 1.54) is 24.0 Å². The molecule has 6 heteroatoms. The normalized spacial score (nSPS) is 11.7. The molecule has 1 aromatic heterocycles. The van der Waals surface area contributed by atoms with Crippen molar-refractivity contribution in [2.45, 2.75) is 12.6 Å². The zero-order valence-electron chi connectivity index (χ0n) is 6.80. The predicted molar refractivity (Wildman–Crippen MR) is 38.2 cm³/mol. The average molecular weight is 192 g/mol. The number of hydrogen-bond acceptors (Lipinski definition) is 2. The molecule has 0 saturated heterocycles. The molecule has 0 aliphatic rings. The first-order valence-corrected chi connectivity index (χ1v) is 3.47. The Labute approximate surface area is 72.2 Å². The number of aryl methyl sites for hydroxylation is 1. The summed E-state index contributed by atoms with van der Waals surface area (Å²) >= 11 is 0. The van der Waals surface area contributed by atoms with Gasteiger partial charge in [0, 0.05) is 19.4 Å². The van der Waals surface area contributed by atoms with E-state index < -0.39 is 18.4 Å². The van der Waals surface area contributed by atoms with Crippen LogP contribution in [0.4, 0.5) is 13.2 Å². The molecule has 0 atom stereocenters. The fraction of sp³-hybridized carbons (Fsp3) is 0.429. The second kappa shape index (κ2) is 3.20. The molecule has 0 bridgehead atoms. The summed E-state index contributed by atoms with van der Waals surface area (Å²) in [6.07, 6.45) is -3.23. The van der Waals surface area contributed by atoms with E-state index in [-0.39, 0.29) is 5.82 Å². The Hall–Kier alpha value is -1.33. The van der Waals surface area contributed by atoms with Gasteiger partial charge in [-0.1, -0.05) is 0 Å². The van der Waals surface area contributed by atoms with Crippen LogP contribution in [-0.2, 0) is 7.05 Å². The SMILES string of the molecule is Cn1ccnc1C(=O)CC(F)(F)F. The Morgan fingerprint density at radius 2 is 2.23 bits per heavy atom. The van der Waals surface area contributed by atoms with E-state index in [1.807, 2.05) is 0 Å². The zero-order chi connectivity index (χ0) is 10.1. The lowest BCUT2D eigenvalue weighted by atomic mass is 10.2. The molecule has 13 heavy (non-hydrogen) atoms. The molecule has 0 aliphatic heterocycles. The van der Waals surface area contributed by atoms with E-state index in [9.17, 15) is 18.0 Å². The zero-order valence-corrected chi connectivity index (χ0v) is 6.80. The number of carbonyl (C=O) groups is 1. The number of carbonyl (C=O) groups excluding carboxylic acids is 1. The standard InChI is InChI=1S/C7H7F3N2O/c1-12-3-2-11-6(12)5(13)4-7(8,9)10/h2-3H,4H2,1H3. The van der Waals surface area contributed by atoms with Crippen LogP contribution in [0.1, 0.15) is 17.0 Å². The highest BCUT2D eigenvalue weighted by atomic mass is 19.4. The van der Waals surface area contributed by atoms with Gasteiger partial charge in [0.25, 0.3) is 0 Å². The van der Waals surface area contributed by atoms with Crippen molar-refractivity contribution in [3.63, 3.8) is 0 Å². The van der Waals surface area contributed by atoms with Crippen molar-refractivity contribution < 1.29 is 18.0 Å². The second-order valence-corrected chi connectivity index (χ2v) is 2.58. The Morgan fingerprint density at radius 1 is 1.62 bits per heavy atom. The first kappa shape index (κ1) is 9.76. The van der Waals surface area contributed by atoms with Crippen molar-refractivity contribution in [3.05, 3.63) is 18.2 Å². The summed E-state index contributed by atoms with van der Waals surface area (Å²) in [5, 5.41) is 0. The largest absolute Gasteiger partial charge is 0.396 e. The molecule has 72 valence electrons. The molecule has 1 rings (SSSR count). The summed E-state index contributed by atoms with van der Waals surface area (Å²) in [6.45, 7) is 0. The van der Waals surface area contributed by atoms with Gasteiger partial charge in [0.05, 0.1) is 0 Å². The van der Waals surface area contributed by atoms with Crippen LogP contribution in [0.3, 0.4) is 0 Å². The van der Waals surface area contributed by atoms with Crippen molar-refractivity contribution >= 4 is 5.78 Å². The van der Waals surface area contributed by atoms with Crippen molar-refractivity contribution in [2.24, 2.45) is 7.05 Å². The third-order valence-corrected chi connectivity index (χ3v) is 1.43. The van der Waals surface area contributed by atoms with Crippen LogP contribution in [-0.4, -0.2) is 21.5 Å². The van der Waals surface area contributed by atoms with E-state index in [0.29, 0.717) is 0 Å². The molecule has 1 aromatic rings. The van der Waals surface area contributed by atoms with Crippen LogP contribution in [0, 0.1) is 0 Å². The highest BCUT2D eigenvalue weighted by molar-refractivity contribution is 5.93. The molecular weight excluding hydrogens is 185 g/mol. The highest BCUT2D eigenvalue weighted by Gasteiger charge is 2.32. The number of ketones is 1. The third kappa shape index (κ3) is 2.57. The summed E-state index contributed by atoms with van der Waals surface area (Å²) in [7, 11) is 1.47. The molecular formula is C7H7F3N2O. The van der Waals surface area contributed by atoms with Crippen LogP contribution >= 0.6 is 0 Å². The molecule has 0 saturated carbocycles. The number of aromatic nitrogens is 2. The first-order valence-electron chi connectivity index (χ1n) is 3.47. The van der Waals surface area contributed by atoms with Crippen LogP contribution in [0.5, 0.6) is 0 Å². The summed E-state index contributed by atoms with van der Waals surface area (Å²) in [4.78, 5) is 14.5. The number of imidazole rings is 1. The number of nitrogens with zero attached hydrogens (tertiary/aromatic N) is 2.